The summed E-state index contributed by atoms with van der Waals surface area (Å²) in [5.41, 5.74) is -0.00185. The van der Waals surface area contributed by atoms with Gasteiger partial charge in [-0.3, -0.25) is 9.47 Å². The molecule has 0 unspecified atom stereocenters. The van der Waals surface area contributed by atoms with Gasteiger partial charge in [-0.25, -0.2) is 4.79 Å². The van der Waals surface area contributed by atoms with E-state index in [1.54, 1.807) is 25.1 Å². The van der Waals surface area contributed by atoms with Crippen molar-refractivity contribution in [2.75, 3.05) is 19.6 Å². The van der Waals surface area contributed by atoms with Crippen LogP contribution in [-0.4, -0.2) is 24.4 Å². The third-order valence-corrected chi connectivity index (χ3v) is 2.73. The van der Waals surface area contributed by atoms with Crippen molar-refractivity contribution in [3.8, 4) is 5.75 Å². The molecule has 1 aromatic carbocycles. The number of nitrogen functional groups attached to an aromatic ring is 1. The quantitative estimate of drug-likeness (QED) is 0.656. The summed E-state index contributed by atoms with van der Waals surface area (Å²) in [5, 5.41) is 0.312. The molecule has 0 amide bonds. The Morgan fingerprint density at radius 3 is 2.79 bits per heavy atom. The molecule has 1 aromatic heterocycles. The molecule has 0 radical (unpaired) electrons. The highest BCUT2D eigenvalue weighted by atomic mass is 16.5. The van der Waals surface area contributed by atoms with Gasteiger partial charge in [0.05, 0.1) is 24.6 Å². The van der Waals surface area contributed by atoms with Crippen LogP contribution < -0.4 is 16.0 Å². The molecule has 100 valence electrons. The summed E-state index contributed by atoms with van der Waals surface area (Å²) in [5.74, 6) is 5.62. The van der Waals surface area contributed by atoms with Gasteiger partial charge < -0.3 is 15.3 Å². The summed E-state index contributed by atoms with van der Waals surface area (Å²) < 4.78 is 11.1. The molecule has 0 atom stereocenters. The van der Waals surface area contributed by atoms with Crippen LogP contribution >= 0.6 is 0 Å². The van der Waals surface area contributed by atoms with Gasteiger partial charge in [0.25, 0.3) is 0 Å². The van der Waals surface area contributed by atoms with Gasteiger partial charge in [-0.2, -0.15) is 0 Å². The Bertz CT molecular complexity index is 691. The molecular formula is C13H14N2O4. The minimum Gasteiger partial charge on any atom is -0.497 e. The fourth-order valence-electron chi connectivity index (χ4n) is 1.82. The Morgan fingerprint density at radius 1 is 1.42 bits per heavy atom. The van der Waals surface area contributed by atoms with Crippen molar-refractivity contribution in [3.63, 3.8) is 0 Å². The number of carbonyl (C=O) groups is 1. The van der Waals surface area contributed by atoms with Crippen molar-refractivity contribution in [2.45, 2.75) is 6.92 Å². The van der Waals surface area contributed by atoms with E-state index in [2.05, 4.69) is 0 Å². The number of aromatic nitrogens is 1. The van der Waals surface area contributed by atoms with E-state index in [9.17, 15) is 9.59 Å². The number of carbonyl (C=O) groups excluding carboxylic acids is 1. The Morgan fingerprint density at radius 2 is 2.16 bits per heavy atom. The van der Waals surface area contributed by atoms with Gasteiger partial charge in [-0.1, -0.05) is 0 Å². The van der Waals surface area contributed by atoms with Gasteiger partial charge in [-0.05, 0) is 25.1 Å². The first-order valence-electron chi connectivity index (χ1n) is 5.74. The number of methoxy groups -OCH3 is 1. The molecule has 6 heteroatoms. The van der Waals surface area contributed by atoms with Crippen LogP contribution in [0.4, 0.5) is 0 Å². The number of nitrogens with zero attached hydrogens (tertiary/aromatic N) is 1. The normalized spacial score (nSPS) is 10.4. The molecule has 2 N–H and O–H groups in total. The van der Waals surface area contributed by atoms with Gasteiger partial charge >= 0.3 is 5.97 Å². The van der Waals surface area contributed by atoms with Crippen LogP contribution in [0.25, 0.3) is 10.9 Å². The largest absolute Gasteiger partial charge is 0.497 e. The van der Waals surface area contributed by atoms with Gasteiger partial charge in [0.15, 0.2) is 0 Å². The van der Waals surface area contributed by atoms with E-state index < -0.39 is 11.4 Å². The molecule has 0 fully saturated rings. The molecule has 2 aromatic rings. The van der Waals surface area contributed by atoms with E-state index in [4.69, 9.17) is 15.3 Å². The van der Waals surface area contributed by atoms with Crippen LogP contribution in [0, 0.1) is 0 Å². The van der Waals surface area contributed by atoms with Crippen LogP contribution in [0.1, 0.15) is 17.3 Å². The monoisotopic (exact) mass is 262 g/mol. The maximum Gasteiger partial charge on any atom is 0.343 e. The fourth-order valence-corrected chi connectivity index (χ4v) is 1.82. The summed E-state index contributed by atoms with van der Waals surface area (Å²) in [4.78, 5) is 23.9. The van der Waals surface area contributed by atoms with E-state index in [-0.39, 0.29) is 12.2 Å². The van der Waals surface area contributed by atoms with E-state index >= 15 is 0 Å². The maximum atomic E-state index is 12.2. The molecule has 0 saturated heterocycles. The van der Waals surface area contributed by atoms with Crippen LogP contribution in [-0.2, 0) is 4.74 Å². The Hall–Kier alpha value is -2.50. The molecular weight excluding hydrogens is 248 g/mol. The Balaban J connectivity index is 2.72. The number of hydrogen-bond acceptors (Lipinski definition) is 5. The summed E-state index contributed by atoms with van der Waals surface area (Å²) in [7, 11) is 1.50. The number of nitrogens with two attached hydrogens (primary N) is 1. The van der Waals surface area contributed by atoms with Crippen molar-refractivity contribution in [1.29, 1.82) is 0 Å². The third kappa shape index (κ3) is 2.24. The minimum absolute atomic E-state index is 0.0925. The number of rotatable bonds is 3. The average molecular weight is 262 g/mol. The van der Waals surface area contributed by atoms with Crippen LogP contribution in [0.3, 0.4) is 0 Å². The third-order valence-electron chi connectivity index (χ3n) is 2.73. The fraction of sp³-hybridized carbons (Fsp3) is 0.231. The first-order chi connectivity index (χ1) is 9.08. The summed E-state index contributed by atoms with van der Waals surface area (Å²) >= 11 is 0. The second kappa shape index (κ2) is 5.01. The Kier molecular flexibility index (Phi) is 3.41. The van der Waals surface area contributed by atoms with Crippen LogP contribution in [0.2, 0.25) is 0 Å². The lowest BCUT2D eigenvalue weighted by molar-refractivity contribution is 0.0524. The second-order valence-electron chi connectivity index (χ2n) is 3.88. The smallest absolute Gasteiger partial charge is 0.343 e. The number of esters is 1. The highest BCUT2D eigenvalue weighted by molar-refractivity contribution is 5.94. The topological polar surface area (TPSA) is 83.6 Å². The highest BCUT2D eigenvalue weighted by Crippen LogP contribution is 2.17. The molecule has 0 saturated carbocycles. The van der Waals surface area contributed by atoms with Crippen LogP contribution in [0.5, 0.6) is 5.75 Å². The van der Waals surface area contributed by atoms with E-state index in [0.29, 0.717) is 16.7 Å². The molecule has 0 spiro atoms. The van der Waals surface area contributed by atoms with Gasteiger partial charge in [0, 0.05) is 6.20 Å². The lowest BCUT2D eigenvalue weighted by Gasteiger charge is -2.09. The first-order valence-corrected chi connectivity index (χ1v) is 5.74. The average Bonchev–Trinajstić information content (AvgIpc) is 2.42. The molecule has 19 heavy (non-hydrogen) atoms. The number of hydrogen-bond donors (Lipinski definition) is 1. The molecule has 0 aliphatic carbocycles. The zero-order chi connectivity index (χ0) is 14.0. The van der Waals surface area contributed by atoms with Crippen molar-refractivity contribution in [3.05, 3.63) is 40.2 Å². The van der Waals surface area contributed by atoms with Crippen LogP contribution in [0.15, 0.2) is 29.2 Å². The highest BCUT2D eigenvalue weighted by Gasteiger charge is 2.16. The van der Waals surface area contributed by atoms with E-state index in [1.165, 1.54) is 18.0 Å². The lowest BCUT2D eigenvalue weighted by atomic mass is 10.1. The predicted octanol–water partition coefficient (Wildman–Crippen LogP) is 0.901. The van der Waals surface area contributed by atoms with E-state index in [1.807, 2.05) is 0 Å². The molecule has 2 rings (SSSR count). The molecule has 1 heterocycles. The van der Waals surface area contributed by atoms with Crippen molar-refractivity contribution in [2.24, 2.45) is 0 Å². The van der Waals surface area contributed by atoms with Gasteiger partial charge in [0.1, 0.15) is 11.3 Å². The maximum absolute atomic E-state index is 12.2. The van der Waals surface area contributed by atoms with Gasteiger partial charge in [-0.15, -0.1) is 0 Å². The van der Waals surface area contributed by atoms with E-state index in [0.717, 1.165) is 0 Å². The zero-order valence-electron chi connectivity index (χ0n) is 10.7. The molecule has 0 aliphatic rings. The zero-order valence-corrected chi connectivity index (χ0v) is 10.7. The number of fused-ring (bicyclic) bond motifs is 1. The number of pyridine rings is 1. The molecule has 0 aliphatic heterocycles. The lowest BCUT2D eigenvalue weighted by Crippen LogP contribution is -2.23. The van der Waals surface area contributed by atoms with Crippen molar-refractivity contribution in [1.82, 2.24) is 4.68 Å². The summed E-state index contributed by atoms with van der Waals surface area (Å²) in [6.45, 7) is 1.86. The summed E-state index contributed by atoms with van der Waals surface area (Å²) in [6, 6.07) is 4.89. The number of ether oxygens (including phenoxy) is 2. The SMILES string of the molecule is CCOC(=O)c1cn(N)c2ccc(OC)cc2c1=O. The van der Waals surface area contributed by atoms with Crippen molar-refractivity contribution < 1.29 is 14.3 Å². The second-order valence-corrected chi connectivity index (χ2v) is 3.88. The van der Waals surface area contributed by atoms with Gasteiger partial charge in [0.2, 0.25) is 5.43 Å². The molecule has 0 bridgehead atoms. The predicted molar refractivity (Wildman–Crippen MR) is 70.9 cm³/mol. The first kappa shape index (κ1) is 12.9. The number of benzene rings is 1. The molecule has 6 nitrogen and oxygen atoms in total. The van der Waals surface area contributed by atoms with Crippen molar-refractivity contribution >= 4 is 16.9 Å². The Labute approximate surface area is 109 Å². The standard InChI is InChI=1S/C13H14N2O4/c1-3-19-13(17)10-7-15(14)11-5-4-8(18-2)6-9(11)12(10)16/h4-7H,3,14H2,1-2H3. The summed E-state index contributed by atoms with van der Waals surface area (Å²) in [6.07, 6.45) is 1.27. The minimum atomic E-state index is -0.684.